The molecule has 8 nitrogen and oxygen atoms in total. The van der Waals surface area contributed by atoms with Crippen LogP contribution in [-0.4, -0.2) is 59.5 Å². The molecule has 1 aliphatic heterocycles. The molecular weight excluding hydrogens is 344 g/mol. The monoisotopic (exact) mass is 368 g/mol. The van der Waals surface area contributed by atoms with E-state index >= 15 is 0 Å². The molecule has 0 saturated carbocycles. The predicted octanol–water partition coefficient (Wildman–Crippen LogP) is 1.01. The van der Waals surface area contributed by atoms with E-state index in [4.69, 9.17) is 0 Å². The highest BCUT2D eigenvalue weighted by Crippen LogP contribution is 2.11. The number of anilines is 1. The van der Waals surface area contributed by atoms with Crippen LogP contribution in [0.1, 0.15) is 12.0 Å². The van der Waals surface area contributed by atoms with Gasteiger partial charge in [-0.15, -0.1) is 0 Å². The van der Waals surface area contributed by atoms with Crippen molar-refractivity contribution in [3.63, 3.8) is 0 Å². The second kappa shape index (κ2) is 9.63. The van der Waals surface area contributed by atoms with E-state index in [0.717, 1.165) is 37.6 Å². The average Bonchev–Trinajstić information content (AvgIpc) is 2.72. The fraction of sp³-hybridized carbons (Fsp3) is 0.368. The van der Waals surface area contributed by atoms with Crippen molar-refractivity contribution in [3.8, 4) is 0 Å². The number of amides is 3. The summed E-state index contributed by atoms with van der Waals surface area (Å²) in [5.41, 5.74) is 0.987. The van der Waals surface area contributed by atoms with Crippen molar-refractivity contribution in [1.29, 1.82) is 0 Å². The third-order valence-corrected chi connectivity index (χ3v) is 4.45. The molecule has 8 heteroatoms. The summed E-state index contributed by atoms with van der Waals surface area (Å²) >= 11 is 0. The molecule has 0 spiro atoms. The summed E-state index contributed by atoms with van der Waals surface area (Å²) in [7, 11) is 0. The van der Waals surface area contributed by atoms with Gasteiger partial charge in [-0.1, -0.05) is 30.3 Å². The Hall–Kier alpha value is -3.00. The quantitative estimate of drug-likeness (QED) is 0.791. The lowest BCUT2D eigenvalue weighted by Crippen LogP contribution is -2.48. The van der Waals surface area contributed by atoms with Gasteiger partial charge in [-0.2, -0.15) is 0 Å². The molecule has 1 saturated heterocycles. The topological polar surface area (TPSA) is 90.5 Å². The molecule has 0 atom stereocenters. The number of piperazine rings is 1. The van der Waals surface area contributed by atoms with Gasteiger partial charge in [0.15, 0.2) is 0 Å². The maximum absolute atomic E-state index is 12.0. The van der Waals surface area contributed by atoms with Crippen LogP contribution < -0.4 is 15.5 Å². The maximum atomic E-state index is 12.0. The highest BCUT2D eigenvalue weighted by atomic mass is 16.2. The number of benzene rings is 1. The minimum absolute atomic E-state index is 0.267. The third-order valence-electron chi connectivity index (χ3n) is 4.45. The lowest BCUT2D eigenvalue weighted by molar-refractivity contribution is -0.120. The Balaban J connectivity index is 1.32. The normalized spacial score (nSPS) is 14.6. The minimum Gasteiger partial charge on any atom is -0.353 e. The van der Waals surface area contributed by atoms with Gasteiger partial charge in [0.05, 0.1) is 6.20 Å². The zero-order chi connectivity index (χ0) is 18.9. The van der Waals surface area contributed by atoms with Gasteiger partial charge < -0.3 is 10.2 Å². The van der Waals surface area contributed by atoms with Crippen molar-refractivity contribution >= 4 is 17.8 Å². The lowest BCUT2D eigenvalue weighted by atomic mass is 10.2. The Kier molecular flexibility index (Phi) is 6.70. The molecule has 0 unspecified atom stereocenters. The van der Waals surface area contributed by atoms with Crippen LogP contribution in [0.2, 0.25) is 0 Å². The molecule has 3 amide bonds. The van der Waals surface area contributed by atoms with Crippen molar-refractivity contribution in [1.82, 2.24) is 25.5 Å². The number of aromatic nitrogens is 2. The van der Waals surface area contributed by atoms with E-state index in [2.05, 4.69) is 30.4 Å². The number of imide groups is 1. The molecule has 1 aromatic carbocycles. The molecule has 1 aliphatic rings. The van der Waals surface area contributed by atoms with E-state index in [9.17, 15) is 9.59 Å². The number of rotatable bonds is 6. The summed E-state index contributed by atoms with van der Waals surface area (Å²) < 4.78 is 0. The molecule has 27 heavy (non-hydrogen) atoms. The van der Waals surface area contributed by atoms with Gasteiger partial charge in [0.25, 0.3) is 0 Å². The highest BCUT2D eigenvalue weighted by Gasteiger charge is 2.19. The third kappa shape index (κ3) is 6.03. The summed E-state index contributed by atoms with van der Waals surface area (Å²) in [4.78, 5) is 36.6. The van der Waals surface area contributed by atoms with Crippen LogP contribution in [0.3, 0.4) is 0 Å². The van der Waals surface area contributed by atoms with Crippen molar-refractivity contribution in [2.45, 2.75) is 13.0 Å². The fourth-order valence-corrected chi connectivity index (χ4v) is 2.93. The fourth-order valence-electron chi connectivity index (χ4n) is 2.93. The number of carbonyl (C=O) groups excluding carboxylic acids is 2. The van der Waals surface area contributed by atoms with Crippen molar-refractivity contribution < 1.29 is 9.59 Å². The first-order valence-corrected chi connectivity index (χ1v) is 9.05. The van der Waals surface area contributed by atoms with E-state index < -0.39 is 6.03 Å². The Labute approximate surface area is 158 Å². The van der Waals surface area contributed by atoms with Crippen LogP contribution >= 0.6 is 0 Å². The number of hydrogen-bond donors (Lipinski definition) is 2. The van der Waals surface area contributed by atoms with Gasteiger partial charge in [-0.3, -0.25) is 20.0 Å². The van der Waals surface area contributed by atoms with Crippen LogP contribution in [0, 0.1) is 0 Å². The lowest BCUT2D eigenvalue weighted by Gasteiger charge is -2.35. The highest BCUT2D eigenvalue weighted by molar-refractivity contribution is 5.94. The summed E-state index contributed by atoms with van der Waals surface area (Å²) in [6.45, 7) is 4.42. The number of urea groups is 1. The average molecular weight is 368 g/mol. The van der Waals surface area contributed by atoms with E-state index in [1.165, 1.54) is 0 Å². The van der Waals surface area contributed by atoms with E-state index in [1.807, 2.05) is 30.3 Å². The van der Waals surface area contributed by atoms with Gasteiger partial charge >= 0.3 is 6.03 Å². The molecule has 0 bridgehead atoms. The first-order valence-electron chi connectivity index (χ1n) is 9.05. The van der Waals surface area contributed by atoms with Crippen LogP contribution in [-0.2, 0) is 11.3 Å². The summed E-state index contributed by atoms with van der Waals surface area (Å²) in [6.07, 6.45) is 5.41. The summed E-state index contributed by atoms with van der Waals surface area (Å²) in [6, 6.07) is 9.11. The van der Waals surface area contributed by atoms with Crippen LogP contribution in [0.5, 0.6) is 0 Å². The molecule has 0 radical (unpaired) electrons. The zero-order valence-electron chi connectivity index (χ0n) is 15.2. The number of hydrogen-bond acceptors (Lipinski definition) is 6. The summed E-state index contributed by atoms with van der Waals surface area (Å²) in [5.74, 6) is 0.613. The maximum Gasteiger partial charge on any atom is 0.321 e. The van der Waals surface area contributed by atoms with Gasteiger partial charge in [0, 0.05) is 58.1 Å². The second-order valence-corrected chi connectivity index (χ2v) is 6.36. The van der Waals surface area contributed by atoms with Crippen LogP contribution in [0.4, 0.5) is 10.6 Å². The van der Waals surface area contributed by atoms with Gasteiger partial charge in [-0.25, -0.2) is 9.78 Å². The molecule has 142 valence electrons. The Morgan fingerprint density at radius 3 is 2.52 bits per heavy atom. The minimum atomic E-state index is -0.462. The summed E-state index contributed by atoms with van der Waals surface area (Å²) in [5, 5.41) is 5.07. The van der Waals surface area contributed by atoms with Crippen molar-refractivity contribution in [2.75, 3.05) is 37.6 Å². The van der Waals surface area contributed by atoms with E-state index in [1.54, 1.807) is 18.6 Å². The van der Waals surface area contributed by atoms with Crippen molar-refractivity contribution in [2.24, 2.45) is 0 Å². The molecule has 1 fully saturated rings. The smallest absolute Gasteiger partial charge is 0.321 e. The Morgan fingerprint density at radius 1 is 1.04 bits per heavy atom. The molecule has 2 aromatic rings. The van der Waals surface area contributed by atoms with Gasteiger partial charge in [0.2, 0.25) is 5.91 Å². The van der Waals surface area contributed by atoms with Gasteiger partial charge in [0.1, 0.15) is 5.82 Å². The first kappa shape index (κ1) is 18.8. The van der Waals surface area contributed by atoms with E-state index in [0.29, 0.717) is 19.5 Å². The number of carbonyl (C=O) groups is 2. The largest absolute Gasteiger partial charge is 0.353 e. The predicted molar refractivity (Wildman–Crippen MR) is 102 cm³/mol. The molecular formula is C19H24N6O2. The Morgan fingerprint density at radius 2 is 1.81 bits per heavy atom. The molecule has 0 aliphatic carbocycles. The number of nitrogens with zero attached hydrogens (tertiary/aromatic N) is 4. The molecule has 2 heterocycles. The number of nitrogens with one attached hydrogen (secondary N) is 2. The Bertz CT molecular complexity index is 732. The first-order chi connectivity index (χ1) is 13.2. The van der Waals surface area contributed by atoms with Gasteiger partial charge in [-0.05, 0) is 5.56 Å². The standard InChI is InChI=1S/C19H24N6O2/c26-18(23-19(27)22-14-16-4-2-1-3-5-16)6-9-24-10-12-25(13-11-24)17-15-20-7-8-21-17/h1-5,7-8,15H,6,9-14H2,(H2,22,23,26,27). The van der Waals surface area contributed by atoms with Crippen molar-refractivity contribution in [3.05, 3.63) is 54.5 Å². The SMILES string of the molecule is O=C(CCN1CCN(c2cnccn2)CC1)NC(=O)NCc1ccccc1. The van der Waals surface area contributed by atoms with Crippen LogP contribution in [0.25, 0.3) is 0 Å². The van der Waals surface area contributed by atoms with E-state index in [-0.39, 0.29) is 5.91 Å². The van der Waals surface area contributed by atoms with Crippen LogP contribution in [0.15, 0.2) is 48.9 Å². The molecule has 2 N–H and O–H groups in total. The molecule has 1 aromatic heterocycles. The zero-order valence-corrected chi connectivity index (χ0v) is 15.2. The second-order valence-electron chi connectivity index (χ2n) is 6.36. The molecule has 3 rings (SSSR count).